The fourth-order valence-corrected chi connectivity index (χ4v) is 3.08. The molecule has 2 rings (SSSR count). The summed E-state index contributed by atoms with van der Waals surface area (Å²) in [5.74, 6) is 0.00718. The Bertz CT molecular complexity index is 709. The monoisotopic (exact) mass is 300 g/mol. The molecule has 0 aromatic carbocycles. The van der Waals surface area contributed by atoms with E-state index in [1.165, 1.54) is 16.3 Å². The molecule has 2 N–H and O–H groups in total. The first-order valence-corrected chi connectivity index (χ1v) is 8.62. The second-order valence-electron chi connectivity index (χ2n) is 4.30. The molecule has 1 unspecified atom stereocenters. The molecule has 0 saturated heterocycles. The Morgan fingerprint density at radius 2 is 2.16 bits per heavy atom. The Labute approximate surface area is 116 Å². The molecule has 0 radical (unpaired) electrons. The van der Waals surface area contributed by atoms with Crippen LogP contribution < -0.4 is 5.14 Å². The van der Waals surface area contributed by atoms with E-state index in [0.717, 1.165) is 6.42 Å². The molecule has 104 valence electrons. The highest BCUT2D eigenvalue weighted by molar-refractivity contribution is 7.98. The summed E-state index contributed by atoms with van der Waals surface area (Å²) in [7, 11) is -3.87. The SMILES string of the molecule is CCC(C)c1nc2ccc(SC)nn2c1S(N)(=O)=O. The number of hydrogen-bond donors (Lipinski definition) is 1. The van der Waals surface area contributed by atoms with Crippen LogP contribution in [0.3, 0.4) is 0 Å². The van der Waals surface area contributed by atoms with E-state index in [0.29, 0.717) is 16.4 Å². The van der Waals surface area contributed by atoms with E-state index >= 15 is 0 Å². The van der Waals surface area contributed by atoms with E-state index in [9.17, 15) is 8.42 Å². The van der Waals surface area contributed by atoms with Crippen LogP contribution >= 0.6 is 11.8 Å². The highest BCUT2D eigenvalue weighted by Crippen LogP contribution is 2.26. The van der Waals surface area contributed by atoms with Crippen molar-refractivity contribution in [3.05, 3.63) is 17.8 Å². The number of thioether (sulfide) groups is 1. The molecule has 0 amide bonds. The van der Waals surface area contributed by atoms with Crippen LogP contribution in [-0.4, -0.2) is 29.3 Å². The van der Waals surface area contributed by atoms with Gasteiger partial charge in [0, 0.05) is 5.92 Å². The van der Waals surface area contributed by atoms with Crippen molar-refractivity contribution in [3.8, 4) is 0 Å². The van der Waals surface area contributed by atoms with Gasteiger partial charge in [0.05, 0.1) is 5.69 Å². The molecule has 6 nitrogen and oxygen atoms in total. The average molecular weight is 300 g/mol. The summed E-state index contributed by atoms with van der Waals surface area (Å²) in [6, 6.07) is 3.56. The molecule has 8 heteroatoms. The largest absolute Gasteiger partial charge is 0.257 e. The molecular weight excluding hydrogens is 284 g/mol. The molecule has 0 aliphatic rings. The number of nitrogens with zero attached hydrogens (tertiary/aromatic N) is 3. The van der Waals surface area contributed by atoms with Crippen LogP contribution in [-0.2, 0) is 10.0 Å². The standard InChI is InChI=1S/C11H16N4O2S2/c1-4-7(2)10-11(19(12,16)17)15-8(13-10)5-6-9(14-15)18-3/h5-7H,4H2,1-3H3,(H2,12,16,17). The smallest absolute Gasteiger partial charge is 0.230 e. The van der Waals surface area contributed by atoms with Gasteiger partial charge in [0.15, 0.2) is 10.7 Å². The van der Waals surface area contributed by atoms with Crippen molar-refractivity contribution < 1.29 is 8.42 Å². The maximum atomic E-state index is 11.8. The van der Waals surface area contributed by atoms with Gasteiger partial charge in [-0.15, -0.1) is 11.8 Å². The summed E-state index contributed by atoms with van der Waals surface area (Å²) in [6.07, 6.45) is 2.65. The summed E-state index contributed by atoms with van der Waals surface area (Å²) in [6.45, 7) is 3.90. The molecule has 0 saturated carbocycles. The van der Waals surface area contributed by atoms with Crippen molar-refractivity contribution in [3.63, 3.8) is 0 Å². The first-order valence-electron chi connectivity index (χ1n) is 5.85. The molecular formula is C11H16N4O2S2. The zero-order valence-corrected chi connectivity index (χ0v) is 12.6. The van der Waals surface area contributed by atoms with E-state index < -0.39 is 10.0 Å². The lowest BCUT2D eigenvalue weighted by Crippen LogP contribution is -2.18. The zero-order chi connectivity index (χ0) is 14.2. The second-order valence-corrected chi connectivity index (χ2v) is 6.61. The first kappa shape index (κ1) is 14.3. The van der Waals surface area contributed by atoms with Gasteiger partial charge in [-0.3, -0.25) is 0 Å². The van der Waals surface area contributed by atoms with Crippen molar-refractivity contribution in [2.75, 3.05) is 6.26 Å². The number of imidazole rings is 1. The predicted octanol–water partition coefficient (Wildman–Crippen LogP) is 1.61. The van der Waals surface area contributed by atoms with E-state index in [4.69, 9.17) is 5.14 Å². The minimum Gasteiger partial charge on any atom is -0.230 e. The van der Waals surface area contributed by atoms with Crippen LogP contribution in [0.25, 0.3) is 5.65 Å². The van der Waals surface area contributed by atoms with Gasteiger partial charge in [0.1, 0.15) is 5.03 Å². The highest BCUT2D eigenvalue weighted by atomic mass is 32.2. The molecule has 0 spiro atoms. The summed E-state index contributed by atoms with van der Waals surface area (Å²) >= 11 is 1.43. The van der Waals surface area contributed by atoms with Crippen molar-refractivity contribution in [1.29, 1.82) is 0 Å². The van der Waals surface area contributed by atoms with Crippen LogP contribution in [0.1, 0.15) is 31.9 Å². The molecule has 19 heavy (non-hydrogen) atoms. The quantitative estimate of drug-likeness (QED) is 0.866. The normalized spacial score (nSPS) is 13.9. The van der Waals surface area contributed by atoms with Crippen molar-refractivity contribution >= 4 is 27.4 Å². The van der Waals surface area contributed by atoms with Gasteiger partial charge in [-0.05, 0) is 24.8 Å². The van der Waals surface area contributed by atoms with Crippen LogP contribution in [0.15, 0.2) is 22.2 Å². The number of rotatable bonds is 4. The molecule has 0 aliphatic heterocycles. The Balaban J connectivity index is 2.83. The van der Waals surface area contributed by atoms with E-state index in [1.807, 2.05) is 20.1 Å². The summed E-state index contributed by atoms with van der Waals surface area (Å²) in [5.41, 5.74) is 0.980. The molecule has 2 aromatic rings. The second kappa shape index (κ2) is 5.10. The van der Waals surface area contributed by atoms with Crippen LogP contribution in [0.4, 0.5) is 0 Å². The first-order chi connectivity index (χ1) is 8.88. The fraction of sp³-hybridized carbons (Fsp3) is 0.455. The lowest BCUT2D eigenvalue weighted by molar-refractivity contribution is 0.581. The lowest BCUT2D eigenvalue weighted by atomic mass is 10.1. The van der Waals surface area contributed by atoms with Gasteiger partial charge in [0.2, 0.25) is 0 Å². The highest BCUT2D eigenvalue weighted by Gasteiger charge is 2.25. The number of primary sulfonamides is 1. The van der Waals surface area contributed by atoms with Gasteiger partial charge in [-0.25, -0.2) is 18.5 Å². The summed E-state index contributed by atoms with van der Waals surface area (Å²) < 4.78 is 25.0. The Hall–Kier alpha value is -1.12. The molecule has 2 heterocycles. The number of aromatic nitrogens is 3. The van der Waals surface area contributed by atoms with Gasteiger partial charge in [-0.1, -0.05) is 13.8 Å². The van der Waals surface area contributed by atoms with Crippen LogP contribution in [0, 0.1) is 0 Å². The molecule has 1 atom stereocenters. The van der Waals surface area contributed by atoms with E-state index in [2.05, 4.69) is 10.1 Å². The van der Waals surface area contributed by atoms with Gasteiger partial charge < -0.3 is 0 Å². The minimum absolute atomic E-state index is 0.00671. The molecule has 2 aromatic heterocycles. The van der Waals surface area contributed by atoms with Gasteiger partial charge in [-0.2, -0.15) is 9.61 Å². The maximum Gasteiger partial charge on any atom is 0.257 e. The fourth-order valence-electron chi connectivity index (χ4n) is 1.80. The van der Waals surface area contributed by atoms with Crippen LogP contribution in [0.2, 0.25) is 0 Å². The number of sulfonamides is 1. The van der Waals surface area contributed by atoms with Crippen molar-refractivity contribution in [1.82, 2.24) is 14.6 Å². The van der Waals surface area contributed by atoms with E-state index in [-0.39, 0.29) is 10.9 Å². The van der Waals surface area contributed by atoms with Crippen molar-refractivity contribution in [2.24, 2.45) is 5.14 Å². The van der Waals surface area contributed by atoms with Gasteiger partial charge in [0.25, 0.3) is 10.0 Å². The third-order valence-corrected chi connectivity index (χ3v) is 4.55. The van der Waals surface area contributed by atoms with Crippen molar-refractivity contribution in [2.45, 2.75) is 36.2 Å². The van der Waals surface area contributed by atoms with Crippen LogP contribution in [0.5, 0.6) is 0 Å². The molecule has 0 fully saturated rings. The van der Waals surface area contributed by atoms with Gasteiger partial charge >= 0.3 is 0 Å². The minimum atomic E-state index is -3.87. The molecule has 0 bridgehead atoms. The predicted molar refractivity (Wildman–Crippen MR) is 74.8 cm³/mol. The molecule has 0 aliphatic carbocycles. The topological polar surface area (TPSA) is 90.3 Å². The third kappa shape index (κ3) is 2.60. The van der Waals surface area contributed by atoms with E-state index in [1.54, 1.807) is 12.1 Å². The average Bonchev–Trinajstić information content (AvgIpc) is 2.75. The Morgan fingerprint density at radius 3 is 2.68 bits per heavy atom. The number of nitrogens with two attached hydrogens (primary N) is 1. The summed E-state index contributed by atoms with van der Waals surface area (Å²) in [5, 5.41) is 10.3. The maximum absolute atomic E-state index is 11.8. The number of fused-ring (bicyclic) bond motifs is 1. The zero-order valence-electron chi connectivity index (χ0n) is 11.0. The lowest BCUT2D eigenvalue weighted by Gasteiger charge is -2.07. The third-order valence-electron chi connectivity index (χ3n) is 2.99. The summed E-state index contributed by atoms with van der Waals surface area (Å²) in [4.78, 5) is 4.36. The Morgan fingerprint density at radius 1 is 1.47 bits per heavy atom. The number of hydrogen-bond acceptors (Lipinski definition) is 5. The Kier molecular flexibility index (Phi) is 3.84.